The van der Waals surface area contributed by atoms with Crippen molar-refractivity contribution in [3.8, 4) is 5.75 Å². The van der Waals surface area contributed by atoms with Crippen LogP contribution in [0, 0.1) is 19.8 Å². The Morgan fingerprint density at radius 3 is 2.63 bits per heavy atom. The van der Waals surface area contributed by atoms with E-state index in [1.165, 1.54) is 7.11 Å². The highest BCUT2D eigenvalue weighted by atomic mass is 19.3. The van der Waals surface area contributed by atoms with Crippen molar-refractivity contribution in [3.63, 3.8) is 0 Å². The Bertz CT molecular complexity index is 454. The number of halogens is 2. The Kier molecular flexibility index (Phi) is 4.09. The van der Waals surface area contributed by atoms with Gasteiger partial charge in [0.25, 0.3) is 5.92 Å². The molecule has 1 aromatic carbocycles. The maximum atomic E-state index is 14.8. The molecule has 1 heterocycles. The van der Waals surface area contributed by atoms with Gasteiger partial charge in [-0.15, -0.1) is 0 Å². The molecule has 1 saturated heterocycles. The molecule has 0 radical (unpaired) electrons. The minimum Gasteiger partial charge on any atom is -0.496 e. The molecule has 1 aliphatic rings. The Labute approximate surface area is 113 Å². The Morgan fingerprint density at radius 2 is 2.05 bits per heavy atom. The van der Waals surface area contributed by atoms with E-state index in [4.69, 9.17) is 4.74 Å². The van der Waals surface area contributed by atoms with Crippen molar-refractivity contribution in [2.24, 2.45) is 5.92 Å². The van der Waals surface area contributed by atoms with Crippen molar-refractivity contribution in [1.82, 2.24) is 5.32 Å². The van der Waals surface area contributed by atoms with Gasteiger partial charge >= 0.3 is 0 Å². The predicted molar refractivity (Wildman–Crippen MR) is 72.0 cm³/mol. The van der Waals surface area contributed by atoms with E-state index in [0.717, 1.165) is 18.5 Å². The molecule has 2 nitrogen and oxygen atoms in total. The zero-order valence-corrected chi connectivity index (χ0v) is 11.7. The number of hydrogen-bond donors (Lipinski definition) is 1. The molecule has 4 heteroatoms. The lowest BCUT2D eigenvalue weighted by Crippen LogP contribution is -2.39. The van der Waals surface area contributed by atoms with Crippen LogP contribution in [0.2, 0.25) is 0 Å². The lowest BCUT2D eigenvalue weighted by atomic mass is 9.85. The molecule has 0 aromatic heterocycles. The Hall–Kier alpha value is -1.16. The van der Waals surface area contributed by atoms with Gasteiger partial charge < -0.3 is 10.1 Å². The number of methoxy groups -OCH3 is 1. The van der Waals surface area contributed by atoms with Crippen molar-refractivity contribution in [1.29, 1.82) is 0 Å². The summed E-state index contributed by atoms with van der Waals surface area (Å²) in [6.07, 6.45) is 1.35. The molecule has 0 amide bonds. The number of ether oxygens (including phenoxy) is 1. The van der Waals surface area contributed by atoms with Crippen LogP contribution in [0.4, 0.5) is 8.78 Å². The number of rotatable bonds is 3. The Morgan fingerprint density at radius 1 is 1.32 bits per heavy atom. The monoisotopic (exact) mass is 269 g/mol. The topological polar surface area (TPSA) is 21.3 Å². The fourth-order valence-corrected chi connectivity index (χ4v) is 2.88. The number of nitrogens with one attached hydrogen (secondary N) is 1. The third-order valence-corrected chi connectivity index (χ3v) is 3.81. The highest BCUT2D eigenvalue weighted by Crippen LogP contribution is 2.45. The van der Waals surface area contributed by atoms with Gasteiger partial charge in [-0.2, -0.15) is 0 Å². The van der Waals surface area contributed by atoms with Gasteiger partial charge in [-0.3, -0.25) is 0 Å². The smallest absolute Gasteiger partial charge is 0.281 e. The molecule has 1 fully saturated rings. The standard InChI is InChI=1S/C15H21F2NO/c1-10-7-11(2)14(13(8-10)19-3)15(16,17)12-5-4-6-18-9-12/h7-8,12,18H,4-6,9H2,1-3H3. The van der Waals surface area contributed by atoms with Crippen LogP contribution in [0.5, 0.6) is 5.75 Å². The van der Waals surface area contributed by atoms with Gasteiger partial charge in [0.05, 0.1) is 12.7 Å². The number of aryl methyl sites for hydroxylation is 2. The number of piperidine rings is 1. The van der Waals surface area contributed by atoms with Gasteiger partial charge in [0.2, 0.25) is 0 Å². The first-order valence-corrected chi connectivity index (χ1v) is 6.71. The number of benzene rings is 1. The summed E-state index contributed by atoms with van der Waals surface area (Å²) in [6.45, 7) is 4.81. The van der Waals surface area contributed by atoms with Crippen molar-refractivity contribution in [3.05, 3.63) is 28.8 Å². The van der Waals surface area contributed by atoms with Gasteiger partial charge in [-0.1, -0.05) is 6.07 Å². The van der Waals surface area contributed by atoms with Crippen molar-refractivity contribution >= 4 is 0 Å². The SMILES string of the molecule is COc1cc(C)cc(C)c1C(F)(F)C1CCCNC1. The summed E-state index contributed by atoms with van der Waals surface area (Å²) in [5.41, 5.74) is 1.59. The molecule has 0 saturated carbocycles. The van der Waals surface area contributed by atoms with Gasteiger partial charge in [0, 0.05) is 12.5 Å². The minimum absolute atomic E-state index is 0.0503. The highest BCUT2D eigenvalue weighted by molar-refractivity contribution is 5.46. The van der Waals surface area contributed by atoms with Gasteiger partial charge in [0.1, 0.15) is 5.75 Å². The van der Waals surface area contributed by atoms with E-state index in [2.05, 4.69) is 5.32 Å². The molecule has 1 aliphatic heterocycles. The summed E-state index contributed by atoms with van der Waals surface area (Å²) < 4.78 is 34.7. The normalized spacial score (nSPS) is 20.4. The molecule has 19 heavy (non-hydrogen) atoms. The van der Waals surface area contributed by atoms with E-state index in [1.54, 1.807) is 19.1 Å². The second-order valence-electron chi connectivity index (χ2n) is 5.33. The molecule has 0 bridgehead atoms. The van der Waals surface area contributed by atoms with Crippen molar-refractivity contribution in [2.45, 2.75) is 32.6 Å². The van der Waals surface area contributed by atoms with E-state index in [-0.39, 0.29) is 5.56 Å². The fourth-order valence-electron chi connectivity index (χ4n) is 2.88. The highest BCUT2D eigenvalue weighted by Gasteiger charge is 2.44. The average molecular weight is 269 g/mol. The van der Waals surface area contributed by atoms with E-state index in [1.807, 2.05) is 6.92 Å². The zero-order valence-electron chi connectivity index (χ0n) is 11.7. The third-order valence-electron chi connectivity index (χ3n) is 3.81. The average Bonchev–Trinajstić information content (AvgIpc) is 2.38. The summed E-state index contributed by atoms with van der Waals surface area (Å²) >= 11 is 0. The van der Waals surface area contributed by atoms with E-state index < -0.39 is 11.8 Å². The summed E-state index contributed by atoms with van der Waals surface area (Å²) in [7, 11) is 1.45. The molecule has 106 valence electrons. The van der Waals surface area contributed by atoms with E-state index in [9.17, 15) is 8.78 Å². The molecule has 1 atom stereocenters. The van der Waals surface area contributed by atoms with Crippen LogP contribution in [0.3, 0.4) is 0 Å². The molecule has 2 rings (SSSR count). The van der Waals surface area contributed by atoms with Crippen LogP contribution >= 0.6 is 0 Å². The number of hydrogen-bond acceptors (Lipinski definition) is 2. The molecular formula is C15H21F2NO. The third kappa shape index (κ3) is 2.73. The summed E-state index contributed by atoms with van der Waals surface area (Å²) in [5, 5.41) is 3.06. The predicted octanol–water partition coefficient (Wildman–Crippen LogP) is 3.40. The van der Waals surface area contributed by atoms with Gasteiger partial charge in [0.15, 0.2) is 0 Å². The summed E-state index contributed by atoms with van der Waals surface area (Å²) in [5.74, 6) is -3.21. The fraction of sp³-hybridized carbons (Fsp3) is 0.600. The maximum absolute atomic E-state index is 14.8. The second-order valence-corrected chi connectivity index (χ2v) is 5.33. The van der Waals surface area contributed by atoms with Crippen LogP contribution < -0.4 is 10.1 Å². The first-order valence-electron chi connectivity index (χ1n) is 6.71. The lowest BCUT2D eigenvalue weighted by Gasteiger charge is -2.32. The molecule has 0 aliphatic carbocycles. The van der Waals surface area contributed by atoms with Crippen LogP contribution in [0.15, 0.2) is 12.1 Å². The molecule has 1 aromatic rings. The van der Waals surface area contributed by atoms with Crippen LogP contribution in [-0.2, 0) is 5.92 Å². The first-order chi connectivity index (χ1) is 8.96. The van der Waals surface area contributed by atoms with Gasteiger partial charge in [-0.05, 0) is 50.4 Å². The molecule has 0 spiro atoms. The zero-order chi connectivity index (χ0) is 14.0. The quantitative estimate of drug-likeness (QED) is 0.908. The lowest BCUT2D eigenvalue weighted by molar-refractivity contribution is -0.0744. The second kappa shape index (κ2) is 5.45. The van der Waals surface area contributed by atoms with Crippen LogP contribution in [-0.4, -0.2) is 20.2 Å². The molecule has 1 unspecified atom stereocenters. The maximum Gasteiger partial charge on any atom is 0.281 e. The van der Waals surface area contributed by atoms with Gasteiger partial charge in [-0.25, -0.2) is 8.78 Å². The molecule has 1 N–H and O–H groups in total. The summed E-state index contributed by atoms with van der Waals surface area (Å²) in [4.78, 5) is 0. The van der Waals surface area contributed by atoms with E-state index in [0.29, 0.717) is 24.3 Å². The van der Waals surface area contributed by atoms with E-state index >= 15 is 0 Å². The number of alkyl halides is 2. The first kappa shape index (κ1) is 14.3. The van der Waals surface area contributed by atoms with Crippen LogP contribution in [0.1, 0.15) is 29.5 Å². The largest absolute Gasteiger partial charge is 0.496 e. The van der Waals surface area contributed by atoms with Crippen LogP contribution in [0.25, 0.3) is 0 Å². The molecular weight excluding hydrogens is 248 g/mol. The van der Waals surface area contributed by atoms with Crippen molar-refractivity contribution in [2.75, 3.05) is 20.2 Å². The minimum atomic E-state index is -2.85. The van der Waals surface area contributed by atoms with Crippen molar-refractivity contribution < 1.29 is 13.5 Å². The summed E-state index contributed by atoms with van der Waals surface area (Å²) in [6, 6.07) is 3.48. The Balaban J connectivity index is 2.43.